The van der Waals surface area contributed by atoms with Crippen LogP contribution in [0.15, 0.2) is 52.1 Å². The van der Waals surface area contributed by atoms with Crippen LogP contribution in [0.25, 0.3) is 0 Å². The van der Waals surface area contributed by atoms with Gasteiger partial charge in [-0.2, -0.15) is 31.6 Å². The molecule has 0 amide bonds. The van der Waals surface area contributed by atoms with E-state index in [-0.39, 0.29) is 37.0 Å². The summed E-state index contributed by atoms with van der Waals surface area (Å²) in [5, 5.41) is 18.0. The number of aliphatic hydroxyl groups excluding tert-OH is 1. The predicted octanol–water partition coefficient (Wildman–Crippen LogP) is 3.46. The molecule has 3 N–H and O–H groups in total. The standard InChI is InChI=1S/C12H15.C9H18N3O2.U/c1-4-11(3)12-7-5-6-10(2)8-9-12;1-6(7(2)9(13)11-14)8-10-4-5-12(8)3;/h4,6-9H,2,5H2,1,3H3;6,9,11,13-14H,4-5H2,1-3H3;/q2*-1;+2/b11-4+;;. The van der Waals surface area contributed by atoms with Gasteiger partial charge >= 0.3 is 31.1 Å². The van der Waals surface area contributed by atoms with Crippen LogP contribution in [-0.4, -0.2) is 47.4 Å². The third-order valence-corrected chi connectivity index (χ3v) is 4.81. The van der Waals surface area contributed by atoms with E-state index in [1.54, 1.807) is 6.92 Å². The molecule has 0 fully saturated rings. The van der Waals surface area contributed by atoms with Gasteiger partial charge in [0.15, 0.2) is 0 Å². The van der Waals surface area contributed by atoms with E-state index in [1.807, 2.05) is 19.5 Å². The summed E-state index contributed by atoms with van der Waals surface area (Å²) in [6, 6.07) is 0. The maximum Gasteiger partial charge on any atom is 2.00 e. The molecule has 0 aromatic heterocycles. The second kappa shape index (κ2) is 13.4. The minimum Gasteiger partial charge on any atom is -0.408 e. The van der Waals surface area contributed by atoms with Crippen molar-refractivity contribution < 1.29 is 41.4 Å². The Morgan fingerprint density at radius 1 is 1.41 bits per heavy atom. The van der Waals surface area contributed by atoms with Crippen LogP contribution in [0.2, 0.25) is 0 Å². The van der Waals surface area contributed by atoms with Crippen LogP contribution in [-0.2, 0) is 0 Å². The zero-order valence-corrected chi connectivity index (χ0v) is 21.3. The summed E-state index contributed by atoms with van der Waals surface area (Å²) < 4.78 is 0. The fourth-order valence-corrected chi connectivity index (χ4v) is 2.69. The van der Waals surface area contributed by atoms with E-state index >= 15 is 0 Å². The minimum absolute atomic E-state index is 0. The van der Waals surface area contributed by atoms with Crippen molar-refractivity contribution in [3.63, 3.8) is 0 Å². The Labute approximate surface area is 188 Å². The number of hydrogen-bond acceptors (Lipinski definition) is 5. The van der Waals surface area contributed by atoms with Crippen molar-refractivity contribution in [2.75, 3.05) is 20.1 Å². The van der Waals surface area contributed by atoms with Crippen molar-refractivity contribution in [2.24, 2.45) is 10.9 Å². The van der Waals surface area contributed by atoms with Crippen molar-refractivity contribution >= 4 is 5.84 Å². The number of likely N-dealkylation sites (N-methyl/N-ethyl adjacent to an activating group) is 1. The van der Waals surface area contributed by atoms with Crippen molar-refractivity contribution in [2.45, 2.75) is 40.3 Å². The summed E-state index contributed by atoms with van der Waals surface area (Å²) in [5.74, 6) is 1.79. The van der Waals surface area contributed by atoms with Gasteiger partial charge in [0, 0.05) is 19.8 Å². The summed E-state index contributed by atoms with van der Waals surface area (Å²) in [7, 11) is 1.98. The summed E-state index contributed by atoms with van der Waals surface area (Å²) in [6.07, 6.45) is 10.7. The largest absolute Gasteiger partial charge is 2.00 e. The molecule has 2 unspecified atom stereocenters. The number of amidine groups is 1. The summed E-state index contributed by atoms with van der Waals surface area (Å²) in [4.78, 5) is 6.42. The number of hydrogen-bond donors (Lipinski definition) is 3. The molecule has 0 aromatic rings. The fourth-order valence-electron chi connectivity index (χ4n) is 2.69. The van der Waals surface area contributed by atoms with Gasteiger partial charge in [-0.3, -0.25) is 10.9 Å². The summed E-state index contributed by atoms with van der Waals surface area (Å²) in [6.45, 7) is 13.6. The van der Waals surface area contributed by atoms with Gasteiger partial charge in [0.05, 0.1) is 12.4 Å². The van der Waals surface area contributed by atoms with E-state index in [0.29, 0.717) is 0 Å². The van der Waals surface area contributed by atoms with E-state index in [0.717, 1.165) is 36.8 Å². The molecule has 0 radical (unpaired) electrons. The van der Waals surface area contributed by atoms with Gasteiger partial charge in [-0.25, -0.2) is 5.48 Å². The van der Waals surface area contributed by atoms with E-state index < -0.39 is 6.23 Å². The predicted molar refractivity (Wildman–Crippen MR) is 109 cm³/mol. The van der Waals surface area contributed by atoms with Crippen molar-refractivity contribution in [1.82, 2.24) is 10.4 Å². The number of hydroxylamine groups is 1. The Balaban J connectivity index is 0.000000488. The van der Waals surface area contributed by atoms with Crippen molar-refractivity contribution in [3.05, 3.63) is 59.9 Å². The molecule has 1 heterocycles. The maximum atomic E-state index is 9.37. The molecule has 0 spiro atoms. The Hall–Kier alpha value is -0.768. The van der Waals surface area contributed by atoms with Crippen LogP contribution in [0.3, 0.4) is 0 Å². The third kappa shape index (κ3) is 8.41. The number of aliphatic hydroxyl groups is 1. The van der Waals surface area contributed by atoms with Gasteiger partial charge in [-0.1, -0.05) is 25.5 Å². The molecule has 0 aromatic carbocycles. The van der Waals surface area contributed by atoms with Gasteiger partial charge in [0.2, 0.25) is 0 Å². The molecule has 2 aliphatic rings. The molecule has 1 aliphatic carbocycles. The SMILES string of the molecule is C[C-](C(O)NO)C(C)C1=NCCN1C.[CH2-]C1=CCC=C(/C(C)=C/C)C=C1.[U+2]. The van der Waals surface area contributed by atoms with Crippen LogP contribution in [0, 0.1) is 49.9 Å². The molecule has 1 aliphatic heterocycles. The average molecular weight is 598 g/mol. The van der Waals surface area contributed by atoms with Crippen molar-refractivity contribution in [3.8, 4) is 0 Å². The Morgan fingerprint density at radius 3 is 2.59 bits per heavy atom. The van der Waals surface area contributed by atoms with Gasteiger partial charge in [-0.05, 0) is 25.0 Å². The van der Waals surface area contributed by atoms with Gasteiger partial charge in [0.25, 0.3) is 0 Å². The third-order valence-electron chi connectivity index (χ3n) is 4.81. The first-order chi connectivity index (χ1) is 12.3. The van der Waals surface area contributed by atoms with Crippen LogP contribution >= 0.6 is 0 Å². The summed E-state index contributed by atoms with van der Waals surface area (Å²) in [5.41, 5.74) is 5.57. The normalized spacial score (nSPS) is 19.2. The Bertz CT molecular complexity index is 609. The van der Waals surface area contributed by atoms with E-state index in [2.05, 4.69) is 61.0 Å². The number of aliphatic imine (C=N–C) groups is 1. The molecule has 0 saturated carbocycles. The first-order valence-corrected chi connectivity index (χ1v) is 9.01. The molecule has 0 saturated heterocycles. The van der Waals surface area contributed by atoms with Gasteiger partial charge in [-0.15, -0.1) is 12.0 Å². The number of nitrogens with one attached hydrogen (secondary N) is 1. The minimum atomic E-state index is -0.985. The number of nitrogens with zero attached hydrogens (tertiary/aromatic N) is 2. The molecule has 6 heteroatoms. The molecular weight excluding hydrogens is 564 g/mol. The van der Waals surface area contributed by atoms with Crippen molar-refractivity contribution in [1.29, 1.82) is 0 Å². The first kappa shape index (κ1) is 26.2. The molecule has 2 atom stereocenters. The number of allylic oxidation sites excluding steroid dienone is 8. The monoisotopic (exact) mass is 597 g/mol. The quantitative estimate of drug-likeness (QED) is 0.258. The Morgan fingerprint density at radius 2 is 2.07 bits per heavy atom. The molecule has 5 nitrogen and oxygen atoms in total. The molecule has 0 bridgehead atoms. The maximum absolute atomic E-state index is 9.37. The van der Waals surface area contributed by atoms with Crippen LogP contribution in [0.4, 0.5) is 0 Å². The zero-order valence-electron chi connectivity index (χ0n) is 17.2. The van der Waals surface area contributed by atoms with Crippen LogP contribution in [0.1, 0.15) is 34.1 Å². The zero-order chi connectivity index (χ0) is 19.7. The Kier molecular flexibility index (Phi) is 13.0. The second-order valence-electron chi connectivity index (χ2n) is 6.64. The smallest absolute Gasteiger partial charge is 0.408 e. The first-order valence-electron chi connectivity index (χ1n) is 9.01. The summed E-state index contributed by atoms with van der Waals surface area (Å²) >= 11 is 0. The average Bonchev–Trinajstić information content (AvgIpc) is 2.95. The number of rotatable bonds is 5. The van der Waals surface area contributed by atoms with E-state index in [1.165, 1.54) is 11.1 Å². The van der Waals surface area contributed by atoms with Crippen LogP contribution < -0.4 is 5.48 Å². The second-order valence-corrected chi connectivity index (χ2v) is 6.64. The molecule has 2 rings (SSSR count). The van der Waals surface area contributed by atoms with Gasteiger partial charge in [0.1, 0.15) is 0 Å². The molecular formula is C21H33N3O2U. The molecule has 148 valence electrons. The fraction of sp³-hybridized carbons (Fsp3) is 0.476. The van der Waals surface area contributed by atoms with E-state index in [4.69, 9.17) is 5.21 Å². The molecule has 27 heavy (non-hydrogen) atoms. The van der Waals surface area contributed by atoms with E-state index in [9.17, 15) is 5.11 Å². The van der Waals surface area contributed by atoms with Gasteiger partial charge < -0.3 is 15.2 Å². The van der Waals surface area contributed by atoms with Crippen LogP contribution in [0.5, 0.6) is 0 Å². The topological polar surface area (TPSA) is 68.1 Å².